The highest BCUT2D eigenvalue weighted by Gasteiger charge is 2.02. The van der Waals surface area contributed by atoms with E-state index >= 15 is 0 Å². The predicted octanol–water partition coefficient (Wildman–Crippen LogP) is 3.31. The first-order valence-corrected chi connectivity index (χ1v) is 6.23. The molecule has 0 radical (unpaired) electrons. The van der Waals surface area contributed by atoms with Crippen molar-refractivity contribution in [2.45, 2.75) is 38.4 Å². The van der Waals surface area contributed by atoms with Gasteiger partial charge in [0, 0.05) is 6.61 Å². The Morgan fingerprint density at radius 2 is 2.00 bits per heavy atom. The number of aliphatic hydroxyl groups excluding tert-OH is 1. The quantitative estimate of drug-likeness (QED) is 0.524. The third-order valence-electron chi connectivity index (χ3n) is 2.64. The molecule has 1 atom stereocenters. The molecule has 1 rings (SSSR count). The number of rotatable bonds is 9. The van der Waals surface area contributed by atoms with Crippen LogP contribution >= 0.6 is 0 Å². The van der Waals surface area contributed by atoms with E-state index in [1.165, 1.54) is 5.56 Å². The normalized spacial score (nSPS) is 12.3. The van der Waals surface area contributed by atoms with E-state index in [1.807, 2.05) is 24.3 Å². The van der Waals surface area contributed by atoms with Gasteiger partial charge in [-0.2, -0.15) is 0 Å². The summed E-state index contributed by atoms with van der Waals surface area (Å²) in [5.74, 6) is 0. The molecule has 1 aromatic rings. The van der Waals surface area contributed by atoms with Crippen LogP contribution in [0, 0.1) is 0 Å². The first-order chi connectivity index (χ1) is 8.33. The minimum absolute atomic E-state index is 0.215. The van der Waals surface area contributed by atoms with Crippen LogP contribution < -0.4 is 0 Å². The van der Waals surface area contributed by atoms with Crippen molar-refractivity contribution in [2.75, 3.05) is 6.61 Å². The Labute approximate surface area is 104 Å². The maximum atomic E-state index is 9.59. The van der Waals surface area contributed by atoms with E-state index in [4.69, 9.17) is 4.74 Å². The Hall–Kier alpha value is -1.12. The van der Waals surface area contributed by atoms with Crippen LogP contribution in [0.5, 0.6) is 0 Å². The Morgan fingerprint density at radius 1 is 1.24 bits per heavy atom. The second kappa shape index (κ2) is 8.97. The van der Waals surface area contributed by atoms with Crippen molar-refractivity contribution < 1.29 is 9.84 Å². The molecule has 2 heteroatoms. The smallest absolute Gasteiger partial charge is 0.0716 e. The summed E-state index contributed by atoms with van der Waals surface area (Å²) >= 11 is 0. The van der Waals surface area contributed by atoms with Gasteiger partial charge in [-0.3, -0.25) is 0 Å². The topological polar surface area (TPSA) is 29.5 Å². The molecule has 0 saturated carbocycles. The molecule has 0 spiro atoms. The maximum absolute atomic E-state index is 9.59. The lowest BCUT2D eigenvalue weighted by Crippen LogP contribution is -2.07. The molecule has 0 fully saturated rings. The van der Waals surface area contributed by atoms with Crippen LogP contribution in [0.3, 0.4) is 0 Å². The number of hydrogen-bond donors (Lipinski definition) is 1. The van der Waals surface area contributed by atoms with Crippen LogP contribution in [-0.2, 0) is 11.3 Å². The van der Waals surface area contributed by atoms with E-state index in [2.05, 4.69) is 18.7 Å². The molecule has 2 nitrogen and oxygen atoms in total. The molecule has 17 heavy (non-hydrogen) atoms. The van der Waals surface area contributed by atoms with Gasteiger partial charge in [0.05, 0.1) is 12.7 Å². The summed E-state index contributed by atoms with van der Waals surface area (Å²) in [6.45, 7) is 5.00. The lowest BCUT2D eigenvalue weighted by molar-refractivity contribution is 0.0949. The number of ether oxygens (including phenoxy) is 1. The van der Waals surface area contributed by atoms with E-state index in [-0.39, 0.29) is 6.10 Å². The summed E-state index contributed by atoms with van der Waals surface area (Å²) in [5, 5.41) is 9.59. The fraction of sp³-hybridized carbons (Fsp3) is 0.467. The number of aliphatic hydroxyl groups is 1. The number of allylic oxidation sites excluding steroid dienone is 1. The Kier molecular flexibility index (Phi) is 7.35. The van der Waals surface area contributed by atoms with Crippen LogP contribution in [0.1, 0.15) is 31.2 Å². The van der Waals surface area contributed by atoms with E-state index in [0.29, 0.717) is 13.2 Å². The standard InChI is InChI=1S/C15H22O2/c1-2-3-10-15(16)11-7-12-17-13-14-8-5-4-6-9-14/h2,4-6,8-9,15-16H,1,3,7,10-13H2. The third-order valence-corrected chi connectivity index (χ3v) is 2.64. The molecular formula is C15H22O2. The van der Waals surface area contributed by atoms with Crippen molar-refractivity contribution in [1.82, 2.24) is 0 Å². The summed E-state index contributed by atoms with van der Waals surface area (Å²) in [6.07, 6.45) is 5.03. The number of benzene rings is 1. The minimum atomic E-state index is -0.215. The van der Waals surface area contributed by atoms with Crippen molar-refractivity contribution in [2.24, 2.45) is 0 Å². The van der Waals surface area contributed by atoms with Crippen LogP contribution in [-0.4, -0.2) is 17.8 Å². The van der Waals surface area contributed by atoms with Crippen LogP contribution in [0.4, 0.5) is 0 Å². The second-order valence-electron chi connectivity index (χ2n) is 4.20. The Morgan fingerprint density at radius 3 is 2.71 bits per heavy atom. The van der Waals surface area contributed by atoms with Crippen molar-refractivity contribution in [1.29, 1.82) is 0 Å². The van der Waals surface area contributed by atoms with Crippen LogP contribution in [0.25, 0.3) is 0 Å². The number of hydrogen-bond acceptors (Lipinski definition) is 2. The highest BCUT2D eigenvalue weighted by molar-refractivity contribution is 5.13. The third kappa shape index (κ3) is 6.93. The van der Waals surface area contributed by atoms with E-state index < -0.39 is 0 Å². The zero-order valence-electron chi connectivity index (χ0n) is 10.3. The lowest BCUT2D eigenvalue weighted by Gasteiger charge is -2.09. The van der Waals surface area contributed by atoms with E-state index in [0.717, 1.165) is 25.7 Å². The molecule has 1 unspecified atom stereocenters. The summed E-state index contributed by atoms with van der Waals surface area (Å²) in [5.41, 5.74) is 1.19. The van der Waals surface area contributed by atoms with Gasteiger partial charge in [0.2, 0.25) is 0 Å². The maximum Gasteiger partial charge on any atom is 0.0716 e. The average Bonchev–Trinajstić information content (AvgIpc) is 2.37. The molecule has 1 N–H and O–H groups in total. The van der Waals surface area contributed by atoms with E-state index in [9.17, 15) is 5.11 Å². The average molecular weight is 234 g/mol. The Balaban J connectivity index is 1.99. The molecule has 0 amide bonds. The van der Waals surface area contributed by atoms with E-state index in [1.54, 1.807) is 0 Å². The molecule has 0 saturated heterocycles. The fourth-order valence-electron chi connectivity index (χ4n) is 1.64. The fourth-order valence-corrected chi connectivity index (χ4v) is 1.64. The van der Waals surface area contributed by atoms with Gasteiger partial charge < -0.3 is 9.84 Å². The second-order valence-corrected chi connectivity index (χ2v) is 4.20. The molecule has 1 aromatic carbocycles. The summed E-state index contributed by atoms with van der Waals surface area (Å²) in [6, 6.07) is 10.1. The van der Waals surface area contributed by atoms with Crippen molar-refractivity contribution in [3.63, 3.8) is 0 Å². The predicted molar refractivity (Wildman–Crippen MR) is 70.8 cm³/mol. The summed E-state index contributed by atoms with van der Waals surface area (Å²) < 4.78 is 5.54. The monoisotopic (exact) mass is 234 g/mol. The van der Waals surface area contributed by atoms with Gasteiger partial charge in [0.15, 0.2) is 0 Å². The molecular weight excluding hydrogens is 212 g/mol. The van der Waals surface area contributed by atoms with Crippen molar-refractivity contribution in [3.8, 4) is 0 Å². The molecule has 0 bridgehead atoms. The summed E-state index contributed by atoms with van der Waals surface area (Å²) in [7, 11) is 0. The zero-order valence-corrected chi connectivity index (χ0v) is 10.3. The lowest BCUT2D eigenvalue weighted by atomic mass is 10.1. The molecule has 0 aromatic heterocycles. The van der Waals surface area contributed by atoms with Gasteiger partial charge in [0.25, 0.3) is 0 Å². The highest BCUT2D eigenvalue weighted by Crippen LogP contribution is 2.06. The minimum Gasteiger partial charge on any atom is -0.393 e. The largest absolute Gasteiger partial charge is 0.393 e. The SMILES string of the molecule is C=CCCC(O)CCCOCc1ccccc1. The molecule has 0 heterocycles. The van der Waals surface area contributed by atoms with Crippen LogP contribution in [0.2, 0.25) is 0 Å². The highest BCUT2D eigenvalue weighted by atomic mass is 16.5. The zero-order chi connectivity index (χ0) is 12.3. The van der Waals surface area contributed by atoms with Gasteiger partial charge in [0.1, 0.15) is 0 Å². The van der Waals surface area contributed by atoms with Gasteiger partial charge in [-0.05, 0) is 31.2 Å². The first-order valence-electron chi connectivity index (χ1n) is 6.23. The summed E-state index contributed by atoms with van der Waals surface area (Å²) in [4.78, 5) is 0. The molecule has 0 aliphatic carbocycles. The molecule has 0 aliphatic heterocycles. The molecule has 94 valence electrons. The van der Waals surface area contributed by atoms with Gasteiger partial charge in [-0.15, -0.1) is 6.58 Å². The van der Waals surface area contributed by atoms with Gasteiger partial charge >= 0.3 is 0 Å². The Bertz CT molecular complexity index is 295. The first kappa shape index (κ1) is 13.9. The van der Waals surface area contributed by atoms with Gasteiger partial charge in [-0.1, -0.05) is 36.4 Å². The van der Waals surface area contributed by atoms with Gasteiger partial charge in [-0.25, -0.2) is 0 Å². The van der Waals surface area contributed by atoms with Crippen molar-refractivity contribution in [3.05, 3.63) is 48.6 Å². The van der Waals surface area contributed by atoms with Crippen LogP contribution in [0.15, 0.2) is 43.0 Å². The van der Waals surface area contributed by atoms with Crippen molar-refractivity contribution >= 4 is 0 Å². The molecule has 0 aliphatic rings.